The number of nitrogens with zero attached hydrogens (tertiary/aromatic N) is 1. The Labute approximate surface area is 133 Å². The number of hydrogen-bond acceptors (Lipinski definition) is 2. The summed E-state index contributed by atoms with van der Waals surface area (Å²) in [5, 5.41) is 3.79. The molecule has 1 saturated carbocycles. The van der Waals surface area contributed by atoms with Gasteiger partial charge in [0.2, 0.25) is 0 Å². The maximum absolute atomic E-state index is 3.79. The third-order valence-corrected chi connectivity index (χ3v) is 6.12. The van der Waals surface area contributed by atoms with Gasteiger partial charge >= 0.3 is 0 Å². The lowest BCUT2D eigenvalue weighted by molar-refractivity contribution is 0.107. The van der Waals surface area contributed by atoms with Crippen molar-refractivity contribution in [3.63, 3.8) is 0 Å². The van der Waals surface area contributed by atoms with E-state index in [2.05, 4.69) is 37.9 Å². The Hall–Kier alpha value is -0.0800. The molecule has 2 heteroatoms. The second-order valence-corrected chi connectivity index (χ2v) is 7.58. The molecule has 2 rings (SSSR count). The number of likely N-dealkylation sites (tertiary alicyclic amines) is 1. The van der Waals surface area contributed by atoms with E-state index in [4.69, 9.17) is 0 Å². The highest BCUT2D eigenvalue weighted by molar-refractivity contribution is 4.91. The quantitative estimate of drug-likeness (QED) is 0.746. The summed E-state index contributed by atoms with van der Waals surface area (Å²) in [6.07, 6.45) is 11.3. The summed E-state index contributed by atoms with van der Waals surface area (Å²) in [6, 6.07) is 2.44. The molecule has 2 fully saturated rings. The molecule has 1 saturated heterocycles. The van der Waals surface area contributed by atoms with Crippen molar-refractivity contribution in [2.45, 2.75) is 97.2 Å². The fourth-order valence-electron chi connectivity index (χ4n) is 4.93. The standard InChI is InChI=1S/C19H38N2/c1-5-8-16-10-12-19(20-7-3)17(13-16)14-21-15(4)9-11-18(21)6-2/h15-20H,5-14H2,1-4H3. The van der Waals surface area contributed by atoms with Crippen LogP contribution in [0.15, 0.2) is 0 Å². The van der Waals surface area contributed by atoms with Gasteiger partial charge in [0.1, 0.15) is 0 Å². The largest absolute Gasteiger partial charge is 0.314 e. The zero-order valence-corrected chi connectivity index (χ0v) is 14.9. The molecule has 0 aromatic heterocycles. The molecule has 1 aliphatic heterocycles. The van der Waals surface area contributed by atoms with E-state index < -0.39 is 0 Å². The first-order chi connectivity index (χ1) is 10.2. The second-order valence-electron chi connectivity index (χ2n) is 7.58. The minimum Gasteiger partial charge on any atom is -0.314 e. The van der Waals surface area contributed by atoms with Gasteiger partial charge in [-0.2, -0.15) is 0 Å². The van der Waals surface area contributed by atoms with Gasteiger partial charge in [0.05, 0.1) is 0 Å². The zero-order chi connectivity index (χ0) is 15.2. The molecule has 2 aliphatic rings. The summed E-state index contributed by atoms with van der Waals surface area (Å²) < 4.78 is 0. The van der Waals surface area contributed by atoms with Gasteiger partial charge in [-0.3, -0.25) is 4.90 Å². The third-order valence-electron chi connectivity index (χ3n) is 6.12. The highest BCUT2D eigenvalue weighted by Gasteiger charge is 2.35. The van der Waals surface area contributed by atoms with Crippen LogP contribution in [0.2, 0.25) is 0 Å². The molecule has 0 spiro atoms. The van der Waals surface area contributed by atoms with Gasteiger partial charge in [0, 0.05) is 24.7 Å². The maximum atomic E-state index is 3.79. The smallest absolute Gasteiger partial charge is 0.0108 e. The predicted octanol–water partition coefficient (Wildman–Crippen LogP) is 4.44. The summed E-state index contributed by atoms with van der Waals surface area (Å²) in [6.45, 7) is 11.9. The average molecular weight is 295 g/mol. The zero-order valence-electron chi connectivity index (χ0n) is 14.9. The Morgan fingerprint density at radius 3 is 2.52 bits per heavy atom. The van der Waals surface area contributed by atoms with Crippen molar-refractivity contribution < 1.29 is 0 Å². The van der Waals surface area contributed by atoms with Gasteiger partial charge in [0.15, 0.2) is 0 Å². The molecule has 0 bridgehead atoms. The van der Waals surface area contributed by atoms with Crippen LogP contribution in [-0.2, 0) is 0 Å². The van der Waals surface area contributed by atoms with Crippen molar-refractivity contribution in [3.8, 4) is 0 Å². The molecular formula is C19H38N2. The normalized spacial score (nSPS) is 38.0. The molecule has 5 unspecified atom stereocenters. The molecule has 21 heavy (non-hydrogen) atoms. The molecule has 0 radical (unpaired) electrons. The van der Waals surface area contributed by atoms with Crippen LogP contribution in [0, 0.1) is 11.8 Å². The van der Waals surface area contributed by atoms with Crippen LogP contribution in [-0.4, -0.2) is 36.1 Å². The molecule has 0 amide bonds. The van der Waals surface area contributed by atoms with Crippen molar-refractivity contribution in [3.05, 3.63) is 0 Å². The molecular weight excluding hydrogens is 256 g/mol. The summed E-state index contributed by atoms with van der Waals surface area (Å²) in [5.41, 5.74) is 0. The number of rotatable bonds is 7. The third kappa shape index (κ3) is 4.45. The van der Waals surface area contributed by atoms with E-state index >= 15 is 0 Å². The van der Waals surface area contributed by atoms with Gasteiger partial charge in [-0.05, 0) is 63.8 Å². The minimum absolute atomic E-state index is 0.772. The van der Waals surface area contributed by atoms with E-state index in [0.29, 0.717) is 0 Å². The van der Waals surface area contributed by atoms with Crippen LogP contribution < -0.4 is 5.32 Å². The van der Waals surface area contributed by atoms with Gasteiger partial charge in [-0.1, -0.05) is 33.6 Å². The highest BCUT2D eigenvalue weighted by atomic mass is 15.2. The van der Waals surface area contributed by atoms with E-state index in [9.17, 15) is 0 Å². The van der Waals surface area contributed by atoms with Crippen LogP contribution in [0.3, 0.4) is 0 Å². The summed E-state index contributed by atoms with van der Waals surface area (Å²) >= 11 is 0. The van der Waals surface area contributed by atoms with E-state index in [1.807, 2.05) is 0 Å². The first-order valence-electron chi connectivity index (χ1n) is 9.68. The SMILES string of the molecule is CCCC1CCC(NCC)C(CN2C(C)CCC2CC)C1. The summed E-state index contributed by atoms with van der Waals surface area (Å²) in [7, 11) is 0. The fraction of sp³-hybridized carbons (Fsp3) is 1.00. The van der Waals surface area contributed by atoms with Gasteiger partial charge in [-0.15, -0.1) is 0 Å². The lowest BCUT2D eigenvalue weighted by Crippen LogP contribution is -2.48. The first kappa shape index (κ1) is 17.3. The van der Waals surface area contributed by atoms with Crippen LogP contribution in [0.5, 0.6) is 0 Å². The van der Waals surface area contributed by atoms with E-state index in [1.165, 1.54) is 57.9 Å². The van der Waals surface area contributed by atoms with Crippen molar-refractivity contribution in [2.24, 2.45) is 11.8 Å². The van der Waals surface area contributed by atoms with E-state index in [1.54, 1.807) is 0 Å². The minimum atomic E-state index is 0.772. The summed E-state index contributed by atoms with van der Waals surface area (Å²) in [4.78, 5) is 2.85. The lowest BCUT2D eigenvalue weighted by Gasteiger charge is -2.41. The predicted molar refractivity (Wildman–Crippen MR) is 92.7 cm³/mol. The number of nitrogens with one attached hydrogen (secondary N) is 1. The number of hydrogen-bond donors (Lipinski definition) is 1. The second kappa shape index (κ2) is 8.53. The van der Waals surface area contributed by atoms with Crippen LogP contribution >= 0.6 is 0 Å². The van der Waals surface area contributed by atoms with Crippen molar-refractivity contribution in [2.75, 3.05) is 13.1 Å². The van der Waals surface area contributed by atoms with Gasteiger partial charge < -0.3 is 5.32 Å². The van der Waals surface area contributed by atoms with Crippen molar-refractivity contribution in [1.29, 1.82) is 0 Å². The van der Waals surface area contributed by atoms with Crippen molar-refractivity contribution in [1.82, 2.24) is 10.2 Å². The van der Waals surface area contributed by atoms with Crippen molar-refractivity contribution >= 4 is 0 Å². The lowest BCUT2D eigenvalue weighted by atomic mass is 9.76. The molecule has 5 atom stereocenters. The van der Waals surface area contributed by atoms with E-state index in [0.717, 1.165) is 36.5 Å². The summed E-state index contributed by atoms with van der Waals surface area (Å²) in [5.74, 6) is 1.87. The molecule has 0 aromatic carbocycles. The fourth-order valence-corrected chi connectivity index (χ4v) is 4.93. The topological polar surface area (TPSA) is 15.3 Å². The Morgan fingerprint density at radius 2 is 1.86 bits per heavy atom. The molecule has 124 valence electrons. The molecule has 2 nitrogen and oxygen atoms in total. The average Bonchev–Trinajstić information content (AvgIpc) is 2.83. The van der Waals surface area contributed by atoms with Gasteiger partial charge in [-0.25, -0.2) is 0 Å². The Bertz CT molecular complexity index is 291. The van der Waals surface area contributed by atoms with E-state index in [-0.39, 0.29) is 0 Å². The highest BCUT2D eigenvalue weighted by Crippen LogP contribution is 2.35. The molecule has 0 aromatic rings. The van der Waals surface area contributed by atoms with Gasteiger partial charge in [0.25, 0.3) is 0 Å². The van der Waals surface area contributed by atoms with Crippen LogP contribution in [0.25, 0.3) is 0 Å². The molecule has 1 aliphatic carbocycles. The first-order valence-corrected chi connectivity index (χ1v) is 9.68. The Balaban J connectivity index is 1.97. The monoisotopic (exact) mass is 294 g/mol. The Kier molecular flexibility index (Phi) is 7.01. The van der Waals surface area contributed by atoms with Crippen LogP contribution in [0.1, 0.15) is 79.1 Å². The Morgan fingerprint density at radius 1 is 1.05 bits per heavy atom. The van der Waals surface area contributed by atoms with Crippen LogP contribution in [0.4, 0.5) is 0 Å². The molecule has 1 heterocycles. The maximum Gasteiger partial charge on any atom is 0.0108 e. The molecule has 1 N–H and O–H groups in total.